The molecule has 1 aliphatic carbocycles. The van der Waals surface area contributed by atoms with Gasteiger partial charge in [-0.1, -0.05) is 69.2 Å². The van der Waals surface area contributed by atoms with Crippen molar-refractivity contribution in [1.29, 1.82) is 0 Å². The van der Waals surface area contributed by atoms with Crippen molar-refractivity contribution in [2.24, 2.45) is 11.8 Å². The summed E-state index contributed by atoms with van der Waals surface area (Å²) < 4.78 is 5.88. The van der Waals surface area contributed by atoms with Crippen molar-refractivity contribution in [2.45, 2.75) is 39.2 Å². The molecule has 2 amide bonds. The van der Waals surface area contributed by atoms with E-state index in [4.69, 9.17) is 4.74 Å². The number of nitrogens with zero attached hydrogens (tertiary/aromatic N) is 1. The predicted molar refractivity (Wildman–Crippen MR) is 118 cm³/mol. The second kappa shape index (κ2) is 8.74. The van der Waals surface area contributed by atoms with Crippen LogP contribution < -0.4 is 15.0 Å². The molecule has 0 bridgehead atoms. The van der Waals surface area contributed by atoms with Gasteiger partial charge in [-0.3, -0.25) is 14.5 Å². The minimum absolute atomic E-state index is 0.0249. The topological polar surface area (TPSA) is 58.6 Å². The first-order valence-electron chi connectivity index (χ1n) is 10.7. The van der Waals surface area contributed by atoms with Gasteiger partial charge < -0.3 is 10.1 Å². The van der Waals surface area contributed by atoms with Crippen LogP contribution in [0.25, 0.3) is 6.08 Å². The van der Waals surface area contributed by atoms with E-state index < -0.39 is 0 Å². The number of hydrogen-bond acceptors (Lipinski definition) is 3. The van der Waals surface area contributed by atoms with Crippen molar-refractivity contribution in [3.63, 3.8) is 0 Å². The third-order valence-corrected chi connectivity index (χ3v) is 6.28. The highest BCUT2D eigenvalue weighted by molar-refractivity contribution is 6.12. The quantitative estimate of drug-likeness (QED) is 0.769. The number of carbonyl (C=O) groups excluding carboxylic acids is 2. The molecular formula is C25H28N2O3. The Morgan fingerprint density at radius 2 is 1.83 bits per heavy atom. The van der Waals surface area contributed by atoms with Crippen molar-refractivity contribution in [3.05, 3.63) is 65.9 Å². The summed E-state index contributed by atoms with van der Waals surface area (Å²) in [5, 5.41) is 3.17. The van der Waals surface area contributed by atoms with Crippen LogP contribution in [0.2, 0.25) is 0 Å². The molecular weight excluding hydrogens is 376 g/mol. The Balaban J connectivity index is 1.55. The molecule has 1 heterocycles. The smallest absolute Gasteiger partial charge is 0.294 e. The fourth-order valence-electron chi connectivity index (χ4n) is 4.30. The lowest BCUT2D eigenvalue weighted by Crippen LogP contribution is -2.49. The zero-order valence-electron chi connectivity index (χ0n) is 17.5. The number of fused-ring (bicyclic) bond motifs is 1. The molecule has 2 aliphatic rings. The second-order valence-electron chi connectivity index (χ2n) is 8.32. The number of amides is 2. The Morgan fingerprint density at radius 1 is 1.10 bits per heavy atom. The lowest BCUT2D eigenvalue weighted by Gasteiger charge is -2.35. The van der Waals surface area contributed by atoms with Crippen LogP contribution in [0.1, 0.15) is 38.7 Å². The zero-order valence-corrected chi connectivity index (χ0v) is 17.5. The Labute approximate surface area is 177 Å². The Bertz CT molecular complexity index is 954. The fourth-order valence-corrected chi connectivity index (χ4v) is 4.30. The molecule has 0 spiro atoms. The van der Waals surface area contributed by atoms with Gasteiger partial charge in [-0.05, 0) is 42.0 Å². The molecule has 1 N–H and O–H groups in total. The minimum atomic E-state index is -0.308. The largest absolute Gasteiger partial charge is 0.449 e. The van der Waals surface area contributed by atoms with Gasteiger partial charge in [-0.25, -0.2) is 0 Å². The molecule has 5 nitrogen and oxygen atoms in total. The third kappa shape index (κ3) is 4.25. The van der Waals surface area contributed by atoms with E-state index in [1.54, 1.807) is 6.08 Å². The molecule has 3 atom stereocenters. The summed E-state index contributed by atoms with van der Waals surface area (Å²) in [5.74, 6) is 1.38. The molecule has 1 saturated carbocycles. The summed E-state index contributed by atoms with van der Waals surface area (Å²) >= 11 is 0. The van der Waals surface area contributed by atoms with Crippen LogP contribution in [-0.2, 0) is 9.59 Å². The summed E-state index contributed by atoms with van der Waals surface area (Å²) in [4.78, 5) is 27.6. The first-order chi connectivity index (χ1) is 14.5. The molecule has 0 radical (unpaired) electrons. The Kier molecular flexibility index (Phi) is 5.88. The average Bonchev–Trinajstić information content (AvgIpc) is 2.75. The van der Waals surface area contributed by atoms with Gasteiger partial charge in [-0.15, -0.1) is 0 Å². The zero-order chi connectivity index (χ0) is 21.1. The summed E-state index contributed by atoms with van der Waals surface area (Å²) in [6, 6.07) is 17.0. The molecule has 2 aromatic carbocycles. The molecule has 156 valence electrons. The van der Waals surface area contributed by atoms with E-state index in [0.717, 1.165) is 18.4 Å². The number of rotatable bonds is 4. The molecule has 0 aromatic heterocycles. The number of benzene rings is 2. The van der Waals surface area contributed by atoms with Crippen LogP contribution in [0.3, 0.4) is 0 Å². The number of para-hydroxylation sites is 2. The van der Waals surface area contributed by atoms with E-state index in [0.29, 0.717) is 23.3 Å². The number of carbonyl (C=O) groups is 2. The second-order valence-corrected chi connectivity index (χ2v) is 8.32. The molecule has 5 heteroatoms. The Hall–Kier alpha value is -3.08. The monoisotopic (exact) mass is 404 g/mol. The number of hydrogen-bond donors (Lipinski definition) is 1. The lowest BCUT2D eigenvalue weighted by atomic mass is 9.78. The molecule has 4 rings (SSSR count). The van der Waals surface area contributed by atoms with E-state index in [2.05, 4.69) is 19.2 Å². The molecule has 0 saturated heterocycles. The average molecular weight is 405 g/mol. The van der Waals surface area contributed by atoms with Crippen LogP contribution in [0, 0.1) is 11.8 Å². The van der Waals surface area contributed by atoms with Crippen molar-refractivity contribution in [2.75, 3.05) is 11.4 Å². The van der Waals surface area contributed by atoms with Crippen LogP contribution in [0.15, 0.2) is 60.4 Å². The van der Waals surface area contributed by atoms with Crippen LogP contribution in [0.5, 0.6) is 5.75 Å². The van der Waals surface area contributed by atoms with Gasteiger partial charge in [0.15, 0.2) is 11.5 Å². The predicted octanol–water partition coefficient (Wildman–Crippen LogP) is 4.39. The maximum Gasteiger partial charge on any atom is 0.294 e. The van der Waals surface area contributed by atoms with E-state index in [1.807, 2.05) is 54.6 Å². The van der Waals surface area contributed by atoms with Gasteiger partial charge >= 0.3 is 0 Å². The highest BCUT2D eigenvalue weighted by atomic mass is 16.5. The van der Waals surface area contributed by atoms with Gasteiger partial charge in [0.05, 0.1) is 5.69 Å². The highest BCUT2D eigenvalue weighted by Gasteiger charge is 2.33. The minimum Gasteiger partial charge on any atom is -0.449 e. The van der Waals surface area contributed by atoms with Crippen molar-refractivity contribution >= 4 is 23.6 Å². The maximum absolute atomic E-state index is 13.2. The van der Waals surface area contributed by atoms with Crippen LogP contribution in [-0.4, -0.2) is 24.4 Å². The van der Waals surface area contributed by atoms with Crippen LogP contribution >= 0.6 is 0 Å². The SMILES string of the molecule is C[C@H]1[C@H](C)CCC[C@H]1NC(=O)CN1C(=O)/C(=C\c2ccccc2)Oc2ccccc21. The summed E-state index contributed by atoms with van der Waals surface area (Å²) in [6.07, 6.45) is 5.04. The fraction of sp³-hybridized carbons (Fsp3) is 0.360. The van der Waals surface area contributed by atoms with E-state index in [1.165, 1.54) is 11.3 Å². The summed E-state index contributed by atoms with van der Waals surface area (Å²) in [5.41, 5.74) is 1.49. The maximum atomic E-state index is 13.2. The van der Waals surface area contributed by atoms with E-state index >= 15 is 0 Å². The van der Waals surface area contributed by atoms with Gasteiger partial charge in [0.25, 0.3) is 5.91 Å². The van der Waals surface area contributed by atoms with Gasteiger partial charge in [0.1, 0.15) is 6.54 Å². The lowest BCUT2D eigenvalue weighted by molar-refractivity contribution is -0.124. The molecule has 0 unspecified atom stereocenters. The first-order valence-corrected chi connectivity index (χ1v) is 10.7. The number of ether oxygens (including phenoxy) is 1. The first kappa shape index (κ1) is 20.2. The summed E-state index contributed by atoms with van der Waals surface area (Å²) in [7, 11) is 0. The molecule has 1 fully saturated rings. The normalized spacial score (nSPS) is 24.9. The van der Waals surface area contributed by atoms with Crippen LogP contribution in [0.4, 0.5) is 5.69 Å². The Morgan fingerprint density at radius 3 is 2.63 bits per heavy atom. The van der Waals surface area contributed by atoms with Gasteiger partial charge in [0, 0.05) is 6.04 Å². The van der Waals surface area contributed by atoms with Crippen molar-refractivity contribution < 1.29 is 14.3 Å². The number of nitrogens with one attached hydrogen (secondary N) is 1. The third-order valence-electron chi connectivity index (χ3n) is 6.28. The van der Waals surface area contributed by atoms with Crippen molar-refractivity contribution in [3.8, 4) is 5.75 Å². The number of anilines is 1. The van der Waals surface area contributed by atoms with E-state index in [9.17, 15) is 9.59 Å². The molecule has 1 aliphatic heterocycles. The summed E-state index contributed by atoms with van der Waals surface area (Å²) in [6.45, 7) is 4.42. The molecule has 30 heavy (non-hydrogen) atoms. The van der Waals surface area contributed by atoms with Gasteiger partial charge in [-0.2, -0.15) is 0 Å². The van der Waals surface area contributed by atoms with Gasteiger partial charge in [0.2, 0.25) is 5.91 Å². The van der Waals surface area contributed by atoms with E-state index in [-0.39, 0.29) is 30.2 Å². The highest BCUT2D eigenvalue weighted by Crippen LogP contribution is 2.35. The van der Waals surface area contributed by atoms with Crippen molar-refractivity contribution in [1.82, 2.24) is 5.32 Å². The molecule has 2 aromatic rings. The standard InChI is InChI=1S/C25H28N2O3/c1-17-9-8-12-20(18(17)2)26-24(28)16-27-21-13-6-7-14-22(21)30-23(25(27)29)15-19-10-4-3-5-11-19/h3-7,10-11,13-15,17-18,20H,8-9,12,16H2,1-2H3,(H,26,28)/b23-15+/t17-,18+,20-/m1/s1.